The number of Topliss-reactive ketones (excluding diaryl/α,β-unsaturated/α-hetero) is 1. The van der Waals surface area contributed by atoms with Gasteiger partial charge < -0.3 is 9.80 Å². The molecule has 2 aliphatic heterocycles. The van der Waals surface area contributed by atoms with Crippen molar-refractivity contribution in [1.29, 1.82) is 0 Å². The molecule has 184 valence electrons. The normalized spacial score (nSPS) is 15.8. The van der Waals surface area contributed by atoms with E-state index in [9.17, 15) is 9.59 Å². The summed E-state index contributed by atoms with van der Waals surface area (Å²) in [6.45, 7) is 3.45. The van der Waals surface area contributed by atoms with Crippen LogP contribution in [0.3, 0.4) is 0 Å². The number of piperidine rings is 1. The second-order valence-corrected chi connectivity index (χ2v) is 9.77. The predicted octanol–water partition coefficient (Wildman–Crippen LogP) is 4.00. The average Bonchev–Trinajstić information content (AvgIpc) is 3.47. The van der Waals surface area contributed by atoms with E-state index in [2.05, 4.69) is 38.8 Å². The van der Waals surface area contributed by atoms with E-state index >= 15 is 0 Å². The molecular weight excluding hydrogens is 452 g/mol. The van der Waals surface area contributed by atoms with Crippen molar-refractivity contribution in [1.82, 2.24) is 24.1 Å². The number of imidazole rings is 1. The summed E-state index contributed by atoms with van der Waals surface area (Å²) in [7, 11) is 1.73. The van der Waals surface area contributed by atoms with Crippen molar-refractivity contribution in [3.8, 4) is 11.3 Å². The molecule has 4 aromatic rings. The summed E-state index contributed by atoms with van der Waals surface area (Å²) in [6, 6.07) is 14.3. The Morgan fingerprint density at radius 1 is 0.944 bits per heavy atom. The van der Waals surface area contributed by atoms with Crippen LogP contribution in [0, 0.1) is 0 Å². The number of anilines is 1. The lowest BCUT2D eigenvalue weighted by molar-refractivity contribution is 0.0647. The number of pyridine rings is 1. The van der Waals surface area contributed by atoms with Crippen LogP contribution in [-0.2, 0) is 13.5 Å². The van der Waals surface area contributed by atoms with Gasteiger partial charge in [-0.3, -0.25) is 18.7 Å². The summed E-state index contributed by atoms with van der Waals surface area (Å²) in [4.78, 5) is 35.5. The van der Waals surface area contributed by atoms with Gasteiger partial charge in [0.2, 0.25) is 0 Å². The zero-order valence-electron chi connectivity index (χ0n) is 20.6. The first-order chi connectivity index (χ1) is 17.6. The van der Waals surface area contributed by atoms with Crippen molar-refractivity contribution in [2.24, 2.45) is 7.05 Å². The zero-order valence-corrected chi connectivity index (χ0v) is 20.6. The number of amides is 1. The second kappa shape index (κ2) is 9.26. The summed E-state index contributed by atoms with van der Waals surface area (Å²) in [5.41, 5.74) is 4.45. The SMILES string of the molecule is Cn1ncc(C(=O)N2CCC2)c1C(=O)Cc1cc(N2CCCCC2)n2cc(-c3ccccc3)nc2c1. The van der Waals surface area contributed by atoms with Crippen LogP contribution in [0.1, 0.15) is 52.1 Å². The Morgan fingerprint density at radius 3 is 2.44 bits per heavy atom. The van der Waals surface area contributed by atoms with Gasteiger partial charge in [0.1, 0.15) is 17.2 Å². The molecule has 36 heavy (non-hydrogen) atoms. The van der Waals surface area contributed by atoms with Gasteiger partial charge in [0, 0.05) is 51.4 Å². The Hall–Kier alpha value is -3.94. The number of likely N-dealkylation sites (tertiary alicyclic amines) is 1. The van der Waals surface area contributed by atoms with Gasteiger partial charge in [0.25, 0.3) is 5.91 Å². The quantitative estimate of drug-likeness (QED) is 0.389. The number of ketones is 1. The van der Waals surface area contributed by atoms with Gasteiger partial charge in [-0.05, 0) is 43.4 Å². The third kappa shape index (κ3) is 4.06. The van der Waals surface area contributed by atoms with Gasteiger partial charge in [0.15, 0.2) is 5.78 Å². The Bertz CT molecular complexity index is 1430. The summed E-state index contributed by atoms with van der Waals surface area (Å²) >= 11 is 0. The fourth-order valence-electron chi connectivity index (χ4n) is 5.22. The molecule has 3 aromatic heterocycles. The lowest BCUT2D eigenvalue weighted by atomic mass is 10.0. The molecule has 0 aliphatic carbocycles. The van der Waals surface area contributed by atoms with Gasteiger partial charge in [0.05, 0.1) is 17.5 Å². The van der Waals surface area contributed by atoms with Gasteiger partial charge in [-0.1, -0.05) is 30.3 Å². The van der Waals surface area contributed by atoms with Gasteiger partial charge in [-0.15, -0.1) is 0 Å². The van der Waals surface area contributed by atoms with Crippen molar-refractivity contribution < 1.29 is 9.59 Å². The van der Waals surface area contributed by atoms with Crippen LogP contribution in [0.15, 0.2) is 54.9 Å². The zero-order chi connectivity index (χ0) is 24.6. The van der Waals surface area contributed by atoms with E-state index in [1.54, 1.807) is 11.9 Å². The van der Waals surface area contributed by atoms with Gasteiger partial charge in [-0.25, -0.2) is 4.98 Å². The highest BCUT2D eigenvalue weighted by Gasteiger charge is 2.29. The first kappa shape index (κ1) is 22.5. The number of aromatic nitrogens is 4. The molecule has 6 rings (SSSR count). The van der Waals surface area contributed by atoms with E-state index in [4.69, 9.17) is 4.98 Å². The summed E-state index contributed by atoms with van der Waals surface area (Å²) in [5.74, 6) is 0.845. The van der Waals surface area contributed by atoms with E-state index in [-0.39, 0.29) is 18.1 Å². The van der Waals surface area contributed by atoms with E-state index in [1.807, 2.05) is 24.3 Å². The molecule has 0 atom stereocenters. The molecule has 5 heterocycles. The Kier molecular flexibility index (Phi) is 5.79. The molecule has 0 spiro atoms. The Morgan fingerprint density at radius 2 is 1.72 bits per heavy atom. The Balaban J connectivity index is 1.37. The second-order valence-electron chi connectivity index (χ2n) is 9.77. The van der Waals surface area contributed by atoms with E-state index in [0.717, 1.165) is 73.7 Å². The largest absolute Gasteiger partial charge is 0.358 e. The number of nitrogens with zero attached hydrogens (tertiary/aromatic N) is 6. The van der Waals surface area contributed by atoms with Gasteiger partial charge in [-0.2, -0.15) is 5.10 Å². The molecule has 1 amide bonds. The summed E-state index contributed by atoms with van der Waals surface area (Å²) in [6.07, 6.45) is 8.35. The predicted molar refractivity (Wildman–Crippen MR) is 138 cm³/mol. The number of hydrogen-bond acceptors (Lipinski definition) is 5. The number of aryl methyl sites for hydroxylation is 1. The van der Waals surface area contributed by atoms with E-state index in [1.165, 1.54) is 17.3 Å². The van der Waals surface area contributed by atoms with Crippen LogP contribution in [0.4, 0.5) is 5.82 Å². The first-order valence-corrected chi connectivity index (χ1v) is 12.8. The highest BCUT2D eigenvalue weighted by atomic mass is 16.2. The molecule has 0 unspecified atom stereocenters. The maximum Gasteiger partial charge on any atom is 0.257 e. The van der Waals surface area contributed by atoms with Gasteiger partial charge >= 0.3 is 0 Å². The highest BCUT2D eigenvalue weighted by Crippen LogP contribution is 2.28. The number of carbonyl (C=O) groups excluding carboxylic acids is 2. The number of fused-ring (bicyclic) bond motifs is 1. The number of benzene rings is 1. The molecule has 2 fully saturated rings. The lowest BCUT2D eigenvalue weighted by Gasteiger charge is -2.30. The molecule has 0 N–H and O–H groups in total. The fourth-order valence-corrected chi connectivity index (χ4v) is 5.22. The van der Waals surface area contributed by atoms with Crippen molar-refractivity contribution in [2.45, 2.75) is 32.1 Å². The highest BCUT2D eigenvalue weighted by molar-refractivity contribution is 6.07. The topological polar surface area (TPSA) is 75.7 Å². The molecular formula is C28H30N6O2. The number of carbonyl (C=O) groups is 2. The minimum atomic E-state index is -0.109. The van der Waals surface area contributed by atoms with E-state index < -0.39 is 0 Å². The first-order valence-electron chi connectivity index (χ1n) is 12.8. The maximum absolute atomic E-state index is 13.5. The molecule has 0 radical (unpaired) electrons. The molecule has 2 aliphatic rings. The standard InChI is InChI=1S/C28H30N6O2/c1-31-27(22(18-29-31)28(36)33-13-8-14-33)24(35)15-20-16-25-30-23(21-9-4-2-5-10-21)19-34(25)26(17-20)32-11-6-3-7-12-32/h2,4-5,9-10,16-19H,3,6-8,11-15H2,1H3. The molecule has 1 aromatic carbocycles. The van der Waals surface area contributed by atoms with Crippen molar-refractivity contribution >= 4 is 23.2 Å². The smallest absolute Gasteiger partial charge is 0.257 e. The molecule has 0 bridgehead atoms. The molecule has 8 nitrogen and oxygen atoms in total. The van der Waals surface area contributed by atoms with Crippen LogP contribution in [0.25, 0.3) is 16.9 Å². The summed E-state index contributed by atoms with van der Waals surface area (Å²) in [5, 5.41) is 4.24. The average molecular weight is 483 g/mol. The van der Waals surface area contributed by atoms with Crippen LogP contribution in [-0.4, -0.2) is 61.9 Å². The summed E-state index contributed by atoms with van der Waals surface area (Å²) < 4.78 is 3.67. The minimum absolute atomic E-state index is 0.108. The molecule has 8 heteroatoms. The third-order valence-electron chi connectivity index (χ3n) is 7.30. The fraction of sp³-hybridized carbons (Fsp3) is 0.357. The van der Waals surface area contributed by atoms with E-state index in [0.29, 0.717) is 11.3 Å². The maximum atomic E-state index is 13.5. The molecule has 2 saturated heterocycles. The number of rotatable bonds is 6. The van der Waals surface area contributed by atoms with Crippen molar-refractivity contribution in [3.05, 3.63) is 71.7 Å². The van der Waals surface area contributed by atoms with Crippen LogP contribution in [0.5, 0.6) is 0 Å². The number of hydrogen-bond donors (Lipinski definition) is 0. The van der Waals surface area contributed by atoms with Crippen LogP contribution in [0.2, 0.25) is 0 Å². The minimum Gasteiger partial charge on any atom is -0.358 e. The van der Waals surface area contributed by atoms with Crippen molar-refractivity contribution in [3.63, 3.8) is 0 Å². The molecule has 0 saturated carbocycles. The van der Waals surface area contributed by atoms with Crippen LogP contribution < -0.4 is 4.90 Å². The Labute approximate surface area is 210 Å². The van der Waals surface area contributed by atoms with Crippen molar-refractivity contribution in [2.75, 3.05) is 31.1 Å². The lowest BCUT2D eigenvalue weighted by Crippen LogP contribution is -2.42. The monoisotopic (exact) mass is 482 g/mol. The third-order valence-corrected chi connectivity index (χ3v) is 7.30. The van der Waals surface area contributed by atoms with Crippen LogP contribution >= 0.6 is 0 Å².